The molecule has 1 aromatic heterocycles. The van der Waals surface area contributed by atoms with Crippen molar-refractivity contribution in [3.8, 4) is 6.07 Å². The van der Waals surface area contributed by atoms with E-state index in [1.54, 1.807) is 6.20 Å². The van der Waals surface area contributed by atoms with Crippen molar-refractivity contribution in [1.82, 2.24) is 9.88 Å². The van der Waals surface area contributed by atoms with Crippen LogP contribution in [-0.2, 0) is 0 Å². The lowest BCUT2D eigenvalue weighted by atomic mass is 10.0. The summed E-state index contributed by atoms with van der Waals surface area (Å²) in [7, 11) is 0. The minimum Gasteiger partial charge on any atom is -0.353 e. The van der Waals surface area contributed by atoms with Gasteiger partial charge < -0.3 is 4.90 Å². The summed E-state index contributed by atoms with van der Waals surface area (Å²) in [6, 6.07) is 4.18. The summed E-state index contributed by atoms with van der Waals surface area (Å²) >= 11 is 0. The van der Waals surface area contributed by atoms with E-state index in [1.807, 2.05) is 13.0 Å². The molecule has 1 saturated heterocycles. The first-order valence-electron chi connectivity index (χ1n) is 6.79. The molecule has 19 heavy (non-hydrogen) atoms. The molecule has 4 nitrogen and oxygen atoms in total. The van der Waals surface area contributed by atoms with Gasteiger partial charge in [0.1, 0.15) is 11.9 Å². The quantitative estimate of drug-likeness (QED) is 0.774. The standard InChI is InChI=1S/C15H22N4/c1-12-5-6-17-14(13(12)11-16)18-7-9-19(10-8-18)15(2,3)4/h5-6H,7-10H2,1-4H3. The van der Waals surface area contributed by atoms with Gasteiger partial charge in [-0.05, 0) is 39.3 Å². The van der Waals surface area contributed by atoms with Gasteiger partial charge in [-0.1, -0.05) is 0 Å². The van der Waals surface area contributed by atoms with Crippen LogP contribution in [0.2, 0.25) is 0 Å². The molecule has 0 amide bonds. The predicted molar refractivity (Wildman–Crippen MR) is 77.2 cm³/mol. The lowest BCUT2D eigenvalue weighted by Gasteiger charge is -2.42. The van der Waals surface area contributed by atoms with E-state index in [0.29, 0.717) is 5.56 Å². The largest absolute Gasteiger partial charge is 0.353 e. The summed E-state index contributed by atoms with van der Waals surface area (Å²) in [4.78, 5) is 9.11. The monoisotopic (exact) mass is 258 g/mol. The highest BCUT2D eigenvalue weighted by atomic mass is 15.3. The molecule has 0 N–H and O–H groups in total. The van der Waals surface area contributed by atoms with Crippen LogP contribution in [0.5, 0.6) is 0 Å². The second-order valence-electron chi connectivity index (χ2n) is 6.08. The third kappa shape index (κ3) is 2.87. The fourth-order valence-electron chi connectivity index (χ4n) is 2.51. The van der Waals surface area contributed by atoms with Gasteiger partial charge >= 0.3 is 0 Å². The van der Waals surface area contributed by atoms with Gasteiger partial charge in [0.15, 0.2) is 0 Å². The minimum atomic E-state index is 0.212. The first-order chi connectivity index (χ1) is 8.93. The van der Waals surface area contributed by atoms with Gasteiger partial charge in [-0.15, -0.1) is 0 Å². The summed E-state index contributed by atoms with van der Waals surface area (Å²) in [6.07, 6.45) is 1.79. The van der Waals surface area contributed by atoms with Gasteiger partial charge in [-0.25, -0.2) is 4.98 Å². The average molecular weight is 258 g/mol. The zero-order valence-electron chi connectivity index (χ0n) is 12.3. The van der Waals surface area contributed by atoms with Crippen molar-refractivity contribution in [2.75, 3.05) is 31.1 Å². The van der Waals surface area contributed by atoms with Gasteiger partial charge in [-0.2, -0.15) is 5.26 Å². The van der Waals surface area contributed by atoms with Gasteiger partial charge in [0.05, 0.1) is 5.56 Å². The van der Waals surface area contributed by atoms with Crippen LogP contribution >= 0.6 is 0 Å². The van der Waals surface area contributed by atoms with E-state index < -0.39 is 0 Å². The van der Waals surface area contributed by atoms with E-state index in [9.17, 15) is 5.26 Å². The number of piperazine rings is 1. The summed E-state index contributed by atoms with van der Waals surface area (Å²) < 4.78 is 0. The number of nitriles is 1. The van der Waals surface area contributed by atoms with E-state index in [2.05, 4.69) is 41.6 Å². The molecule has 1 fully saturated rings. The molecule has 4 heteroatoms. The number of hydrogen-bond donors (Lipinski definition) is 0. The van der Waals surface area contributed by atoms with Gasteiger partial charge in [0.25, 0.3) is 0 Å². The first kappa shape index (κ1) is 13.8. The highest BCUT2D eigenvalue weighted by Gasteiger charge is 2.27. The van der Waals surface area contributed by atoms with E-state index >= 15 is 0 Å². The zero-order valence-corrected chi connectivity index (χ0v) is 12.3. The highest BCUT2D eigenvalue weighted by molar-refractivity contribution is 5.57. The molecule has 0 spiro atoms. The van der Waals surface area contributed by atoms with Crippen molar-refractivity contribution in [2.24, 2.45) is 0 Å². The van der Waals surface area contributed by atoms with Crippen molar-refractivity contribution in [3.05, 3.63) is 23.4 Å². The van der Waals surface area contributed by atoms with Crippen LogP contribution in [0.15, 0.2) is 12.3 Å². The van der Waals surface area contributed by atoms with Crippen LogP contribution < -0.4 is 4.90 Å². The normalized spacial score (nSPS) is 17.3. The molecule has 1 aromatic rings. The fraction of sp³-hybridized carbons (Fsp3) is 0.600. The molecular formula is C15H22N4. The van der Waals surface area contributed by atoms with Crippen molar-refractivity contribution < 1.29 is 0 Å². The molecule has 102 valence electrons. The summed E-state index contributed by atoms with van der Waals surface area (Å²) in [6.45, 7) is 12.6. The van der Waals surface area contributed by atoms with E-state index in [0.717, 1.165) is 37.6 Å². The van der Waals surface area contributed by atoms with E-state index in [-0.39, 0.29) is 5.54 Å². The van der Waals surface area contributed by atoms with Crippen LogP contribution in [0.25, 0.3) is 0 Å². The maximum atomic E-state index is 9.28. The van der Waals surface area contributed by atoms with Gasteiger partial charge in [0.2, 0.25) is 0 Å². The Labute approximate surface area is 115 Å². The molecule has 0 radical (unpaired) electrons. The Hall–Kier alpha value is -1.60. The maximum absolute atomic E-state index is 9.28. The zero-order chi connectivity index (χ0) is 14.0. The molecule has 0 aromatic carbocycles. The lowest BCUT2D eigenvalue weighted by molar-refractivity contribution is 0.128. The summed E-state index contributed by atoms with van der Waals surface area (Å²) in [5, 5.41) is 9.28. The number of aromatic nitrogens is 1. The third-order valence-corrected chi connectivity index (χ3v) is 3.78. The Kier molecular flexibility index (Phi) is 3.77. The highest BCUT2D eigenvalue weighted by Crippen LogP contribution is 2.23. The Balaban J connectivity index is 2.15. The number of rotatable bonds is 1. The fourth-order valence-corrected chi connectivity index (χ4v) is 2.51. The number of anilines is 1. The Bertz CT molecular complexity index is 488. The SMILES string of the molecule is Cc1ccnc(N2CCN(C(C)(C)C)CC2)c1C#N. The molecule has 1 aliphatic heterocycles. The number of pyridine rings is 1. The predicted octanol–water partition coefficient (Wildman–Crippen LogP) is 2.18. The summed E-state index contributed by atoms with van der Waals surface area (Å²) in [5.74, 6) is 0.844. The van der Waals surface area contributed by atoms with Crippen molar-refractivity contribution in [3.63, 3.8) is 0 Å². The Morgan fingerprint density at radius 2 is 1.84 bits per heavy atom. The Morgan fingerprint density at radius 1 is 1.21 bits per heavy atom. The van der Waals surface area contributed by atoms with Crippen LogP contribution in [0.4, 0.5) is 5.82 Å². The maximum Gasteiger partial charge on any atom is 0.146 e. The minimum absolute atomic E-state index is 0.212. The number of hydrogen-bond acceptors (Lipinski definition) is 4. The number of nitrogens with zero attached hydrogens (tertiary/aromatic N) is 4. The molecule has 0 unspecified atom stereocenters. The molecule has 1 aliphatic rings. The molecular weight excluding hydrogens is 236 g/mol. The third-order valence-electron chi connectivity index (χ3n) is 3.78. The van der Waals surface area contributed by atoms with Crippen LogP contribution in [-0.4, -0.2) is 41.6 Å². The molecule has 2 rings (SSSR count). The van der Waals surface area contributed by atoms with Crippen molar-refractivity contribution in [2.45, 2.75) is 33.2 Å². The average Bonchev–Trinajstić information content (AvgIpc) is 2.37. The molecule has 0 aliphatic carbocycles. The van der Waals surface area contributed by atoms with Gasteiger partial charge in [-0.3, -0.25) is 4.90 Å². The van der Waals surface area contributed by atoms with Crippen LogP contribution in [0, 0.1) is 18.3 Å². The second kappa shape index (κ2) is 5.18. The topological polar surface area (TPSA) is 43.2 Å². The summed E-state index contributed by atoms with van der Waals surface area (Å²) in [5.41, 5.74) is 1.93. The second-order valence-corrected chi connectivity index (χ2v) is 6.08. The van der Waals surface area contributed by atoms with Gasteiger partial charge in [0, 0.05) is 37.9 Å². The molecule has 0 bridgehead atoms. The molecule has 0 atom stereocenters. The lowest BCUT2D eigenvalue weighted by Crippen LogP contribution is -2.53. The van der Waals surface area contributed by atoms with Crippen LogP contribution in [0.3, 0.4) is 0 Å². The van der Waals surface area contributed by atoms with Crippen LogP contribution in [0.1, 0.15) is 31.9 Å². The first-order valence-corrected chi connectivity index (χ1v) is 6.79. The van der Waals surface area contributed by atoms with Crippen molar-refractivity contribution in [1.29, 1.82) is 5.26 Å². The van der Waals surface area contributed by atoms with E-state index in [4.69, 9.17) is 0 Å². The molecule has 2 heterocycles. The van der Waals surface area contributed by atoms with E-state index in [1.165, 1.54) is 0 Å². The van der Waals surface area contributed by atoms with Crippen molar-refractivity contribution >= 4 is 5.82 Å². The smallest absolute Gasteiger partial charge is 0.146 e. The molecule has 0 saturated carbocycles. The number of aryl methyl sites for hydroxylation is 1. The Morgan fingerprint density at radius 3 is 2.37 bits per heavy atom.